The SMILES string of the molecule is CCC1CNc2cc(-c3csc(Cc4ccccc4OC)n3)ccc2O1. The Kier molecular flexibility index (Phi) is 4.80. The molecule has 5 heteroatoms. The van der Waals surface area contributed by atoms with Crippen LogP contribution in [0.2, 0.25) is 0 Å². The van der Waals surface area contributed by atoms with Gasteiger partial charge < -0.3 is 14.8 Å². The normalized spacial score (nSPS) is 15.7. The molecular weight excluding hydrogens is 344 g/mol. The third-order valence-corrected chi connectivity index (χ3v) is 5.48. The topological polar surface area (TPSA) is 43.4 Å². The predicted molar refractivity (Wildman–Crippen MR) is 107 cm³/mol. The number of hydrogen-bond donors (Lipinski definition) is 1. The number of nitrogens with one attached hydrogen (secondary N) is 1. The molecule has 1 atom stereocenters. The van der Waals surface area contributed by atoms with Crippen LogP contribution in [0.25, 0.3) is 11.3 Å². The Morgan fingerprint density at radius 2 is 2.15 bits per heavy atom. The number of nitrogens with zero attached hydrogens (tertiary/aromatic N) is 1. The Morgan fingerprint density at radius 1 is 1.27 bits per heavy atom. The Balaban J connectivity index is 1.55. The monoisotopic (exact) mass is 366 g/mol. The number of ether oxygens (including phenoxy) is 2. The van der Waals surface area contributed by atoms with E-state index in [1.807, 2.05) is 24.3 Å². The van der Waals surface area contributed by atoms with Crippen molar-refractivity contribution in [3.8, 4) is 22.8 Å². The summed E-state index contributed by atoms with van der Waals surface area (Å²) in [5, 5.41) is 6.67. The lowest BCUT2D eigenvalue weighted by molar-refractivity contribution is 0.202. The van der Waals surface area contributed by atoms with Crippen molar-refractivity contribution in [2.45, 2.75) is 25.9 Å². The van der Waals surface area contributed by atoms with Crippen molar-refractivity contribution >= 4 is 17.0 Å². The summed E-state index contributed by atoms with van der Waals surface area (Å²) < 4.78 is 11.4. The van der Waals surface area contributed by atoms with E-state index in [1.54, 1.807) is 18.4 Å². The van der Waals surface area contributed by atoms with Crippen LogP contribution in [0.3, 0.4) is 0 Å². The number of benzene rings is 2. The molecule has 4 nitrogen and oxygen atoms in total. The molecular formula is C21H22N2O2S. The van der Waals surface area contributed by atoms with Crippen LogP contribution >= 0.6 is 11.3 Å². The quantitative estimate of drug-likeness (QED) is 0.691. The first-order valence-corrected chi connectivity index (χ1v) is 9.76. The minimum Gasteiger partial charge on any atom is -0.496 e. The van der Waals surface area contributed by atoms with Crippen molar-refractivity contribution in [1.29, 1.82) is 0 Å². The molecule has 2 aromatic carbocycles. The van der Waals surface area contributed by atoms with Gasteiger partial charge >= 0.3 is 0 Å². The number of rotatable bonds is 5. The Bertz CT molecular complexity index is 907. The van der Waals surface area contributed by atoms with Gasteiger partial charge in [-0.1, -0.05) is 25.1 Å². The van der Waals surface area contributed by atoms with Crippen molar-refractivity contribution in [1.82, 2.24) is 4.98 Å². The fraction of sp³-hybridized carbons (Fsp3) is 0.286. The summed E-state index contributed by atoms with van der Waals surface area (Å²) in [7, 11) is 1.71. The summed E-state index contributed by atoms with van der Waals surface area (Å²) >= 11 is 1.68. The molecule has 1 aliphatic rings. The number of anilines is 1. The molecule has 0 spiro atoms. The summed E-state index contributed by atoms with van der Waals surface area (Å²) in [6.45, 7) is 2.99. The second-order valence-electron chi connectivity index (χ2n) is 6.36. The Hall–Kier alpha value is -2.53. The predicted octanol–water partition coefficient (Wildman–Crippen LogP) is 4.99. The van der Waals surface area contributed by atoms with E-state index in [0.29, 0.717) is 0 Å². The summed E-state index contributed by atoms with van der Waals surface area (Å²) in [4.78, 5) is 4.83. The van der Waals surface area contributed by atoms with Crippen LogP contribution in [0.15, 0.2) is 47.8 Å². The standard InChI is InChI=1S/C21H22N2O2S/c1-3-16-12-22-17-10-14(8-9-20(17)25-16)18-13-26-21(23-18)11-15-6-4-5-7-19(15)24-2/h4-10,13,16,22H,3,11-12H2,1-2H3. The van der Waals surface area contributed by atoms with Gasteiger partial charge in [0.05, 0.1) is 30.0 Å². The second kappa shape index (κ2) is 7.38. The van der Waals surface area contributed by atoms with Gasteiger partial charge in [0.25, 0.3) is 0 Å². The molecule has 1 unspecified atom stereocenters. The van der Waals surface area contributed by atoms with E-state index < -0.39 is 0 Å². The summed E-state index contributed by atoms with van der Waals surface area (Å²) in [6.07, 6.45) is 2.03. The first-order chi connectivity index (χ1) is 12.8. The van der Waals surface area contributed by atoms with Gasteiger partial charge in [-0.3, -0.25) is 0 Å². The van der Waals surface area contributed by atoms with Gasteiger partial charge in [0, 0.05) is 22.9 Å². The molecule has 0 fully saturated rings. The summed E-state index contributed by atoms with van der Waals surface area (Å²) in [5.41, 5.74) is 4.31. The van der Waals surface area contributed by atoms with E-state index in [4.69, 9.17) is 14.5 Å². The highest BCUT2D eigenvalue weighted by atomic mass is 32.1. The molecule has 3 aromatic rings. The van der Waals surface area contributed by atoms with Gasteiger partial charge in [0.2, 0.25) is 0 Å². The number of fused-ring (bicyclic) bond motifs is 1. The maximum Gasteiger partial charge on any atom is 0.142 e. The van der Waals surface area contributed by atoms with E-state index in [1.165, 1.54) is 0 Å². The Labute approximate surface area is 157 Å². The third kappa shape index (κ3) is 3.40. The van der Waals surface area contributed by atoms with E-state index in [-0.39, 0.29) is 6.10 Å². The zero-order valence-corrected chi connectivity index (χ0v) is 15.8. The van der Waals surface area contributed by atoms with Crippen LogP contribution in [0, 0.1) is 0 Å². The molecule has 0 radical (unpaired) electrons. The zero-order valence-electron chi connectivity index (χ0n) is 15.0. The highest BCUT2D eigenvalue weighted by molar-refractivity contribution is 7.10. The lowest BCUT2D eigenvalue weighted by atomic mass is 10.1. The van der Waals surface area contributed by atoms with Crippen LogP contribution in [0.1, 0.15) is 23.9 Å². The average Bonchev–Trinajstić information content (AvgIpc) is 3.16. The molecule has 0 amide bonds. The van der Waals surface area contributed by atoms with Crippen LogP contribution in [0.4, 0.5) is 5.69 Å². The molecule has 0 bridgehead atoms. The molecule has 1 aromatic heterocycles. The smallest absolute Gasteiger partial charge is 0.142 e. The van der Waals surface area contributed by atoms with E-state index in [2.05, 4.69) is 35.8 Å². The molecule has 0 aliphatic carbocycles. The van der Waals surface area contributed by atoms with Crippen LogP contribution in [-0.4, -0.2) is 24.7 Å². The molecule has 2 heterocycles. The number of para-hydroxylation sites is 1. The van der Waals surface area contributed by atoms with Gasteiger partial charge in [-0.15, -0.1) is 11.3 Å². The maximum atomic E-state index is 5.99. The fourth-order valence-electron chi connectivity index (χ4n) is 3.14. The van der Waals surface area contributed by atoms with Gasteiger partial charge in [-0.2, -0.15) is 0 Å². The van der Waals surface area contributed by atoms with Crippen LogP contribution in [0.5, 0.6) is 11.5 Å². The first kappa shape index (κ1) is 16.9. The largest absolute Gasteiger partial charge is 0.496 e. The molecule has 4 rings (SSSR count). The van der Waals surface area contributed by atoms with Crippen molar-refractivity contribution in [2.24, 2.45) is 0 Å². The van der Waals surface area contributed by atoms with Crippen LogP contribution < -0.4 is 14.8 Å². The highest BCUT2D eigenvalue weighted by Crippen LogP contribution is 2.35. The lowest BCUT2D eigenvalue weighted by Crippen LogP contribution is -2.29. The highest BCUT2D eigenvalue weighted by Gasteiger charge is 2.18. The van der Waals surface area contributed by atoms with Gasteiger partial charge in [-0.25, -0.2) is 4.98 Å². The number of thiazole rings is 1. The van der Waals surface area contributed by atoms with Gasteiger partial charge in [-0.05, 0) is 30.7 Å². The fourth-order valence-corrected chi connectivity index (χ4v) is 3.97. The molecule has 26 heavy (non-hydrogen) atoms. The maximum absolute atomic E-state index is 5.99. The second-order valence-corrected chi connectivity index (χ2v) is 7.30. The van der Waals surface area contributed by atoms with Crippen LogP contribution in [-0.2, 0) is 6.42 Å². The molecule has 0 saturated carbocycles. The molecule has 1 aliphatic heterocycles. The van der Waals surface area contributed by atoms with Crippen molar-refractivity contribution in [2.75, 3.05) is 19.0 Å². The molecule has 0 saturated heterocycles. The van der Waals surface area contributed by atoms with Gasteiger partial charge in [0.1, 0.15) is 17.6 Å². The first-order valence-electron chi connectivity index (χ1n) is 8.88. The summed E-state index contributed by atoms with van der Waals surface area (Å²) in [6, 6.07) is 14.3. The lowest BCUT2D eigenvalue weighted by Gasteiger charge is -2.26. The van der Waals surface area contributed by atoms with Gasteiger partial charge in [0.15, 0.2) is 0 Å². The number of hydrogen-bond acceptors (Lipinski definition) is 5. The zero-order chi connectivity index (χ0) is 17.9. The van der Waals surface area contributed by atoms with Crippen molar-refractivity contribution < 1.29 is 9.47 Å². The summed E-state index contributed by atoms with van der Waals surface area (Å²) in [5.74, 6) is 1.83. The molecule has 1 N–H and O–H groups in total. The van der Waals surface area contributed by atoms with E-state index >= 15 is 0 Å². The van der Waals surface area contributed by atoms with Crippen molar-refractivity contribution in [3.63, 3.8) is 0 Å². The Morgan fingerprint density at radius 3 is 3.00 bits per heavy atom. The third-order valence-electron chi connectivity index (χ3n) is 4.63. The van der Waals surface area contributed by atoms with E-state index in [0.717, 1.165) is 58.4 Å². The number of aromatic nitrogens is 1. The van der Waals surface area contributed by atoms with Crippen molar-refractivity contribution in [3.05, 3.63) is 58.4 Å². The minimum atomic E-state index is 0.250. The van der Waals surface area contributed by atoms with E-state index in [9.17, 15) is 0 Å². The minimum absolute atomic E-state index is 0.250. The average molecular weight is 366 g/mol. The number of methoxy groups -OCH3 is 1. The molecule has 134 valence electrons.